The Kier molecular flexibility index (Phi) is 6.18. The molecular weight excluding hydrogens is 406 g/mol. The van der Waals surface area contributed by atoms with Crippen LogP contribution in [0.4, 0.5) is 11.4 Å². The molecule has 4 N–H and O–H groups in total. The van der Waals surface area contributed by atoms with Crippen LogP contribution in [0.1, 0.15) is 42.7 Å². The van der Waals surface area contributed by atoms with Crippen LogP contribution in [0, 0.1) is 5.41 Å². The summed E-state index contributed by atoms with van der Waals surface area (Å²) in [4.78, 5) is 18.6. The van der Waals surface area contributed by atoms with Crippen LogP contribution < -0.4 is 20.3 Å². The molecule has 1 aliphatic heterocycles. The quantitative estimate of drug-likeness (QED) is 0.425. The van der Waals surface area contributed by atoms with Gasteiger partial charge in [-0.15, -0.1) is 0 Å². The van der Waals surface area contributed by atoms with Crippen molar-refractivity contribution in [2.45, 2.75) is 32.7 Å². The predicted molar refractivity (Wildman–Crippen MR) is 127 cm³/mol. The van der Waals surface area contributed by atoms with E-state index in [1.54, 1.807) is 17.8 Å². The number of carbonyl (C=O) groups is 1. The number of H-pyrrole nitrogens is 1. The summed E-state index contributed by atoms with van der Waals surface area (Å²) in [5.74, 6) is 0.181. The highest BCUT2D eigenvalue weighted by molar-refractivity contribution is 6.14. The lowest BCUT2D eigenvalue weighted by molar-refractivity contribution is 0.102. The minimum atomic E-state index is -0.266. The van der Waals surface area contributed by atoms with Gasteiger partial charge in [-0.25, -0.2) is 0 Å². The number of methoxy groups -OCH3 is 1. The molecule has 9 nitrogen and oxygen atoms in total. The maximum Gasteiger partial charge on any atom is 0.258 e. The number of hydrogen-bond acceptors (Lipinski definition) is 6. The molecular formula is C23H31N7O2. The second-order valence-corrected chi connectivity index (χ2v) is 8.21. The second-order valence-electron chi connectivity index (χ2n) is 8.21. The molecule has 9 heteroatoms. The van der Waals surface area contributed by atoms with Crippen molar-refractivity contribution in [3.63, 3.8) is 0 Å². The smallest absolute Gasteiger partial charge is 0.258 e. The van der Waals surface area contributed by atoms with E-state index in [1.807, 2.05) is 25.4 Å². The van der Waals surface area contributed by atoms with E-state index in [-0.39, 0.29) is 5.91 Å². The minimum absolute atomic E-state index is 0.266. The van der Waals surface area contributed by atoms with Crippen LogP contribution in [0.5, 0.6) is 5.75 Å². The first kappa shape index (κ1) is 21.9. The van der Waals surface area contributed by atoms with Crippen LogP contribution in [-0.4, -0.2) is 59.2 Å². The molecule has 1 fully saturated rings. The molecule has 3 aromatic rings. The van der Waals surface area contributed by atoms with Crippen LogP contribution in [0.15, 0.2) is 24.5 Å². The number of nitrogens with one attached hydrogen (secondary N) is 4. The molecule has 1 amide bonds. The average molecular weight is 438 g/mol. The number of piperidine rings is 1. The molecule has 32 heavy (non-hydrogen) atoms. The van der Waals surface area contributed by atoms with Gasteiger partial charge < -0.3 is 30.7 Å². The summed E-state index contributed by atoms with van der Waals surface area (Å²) < 4.78 is 7.17. The maximum atomic E-state index is 13.2. The Balaban J connectivity index is 1.62. The Morgan fingerprint density at radius 1 is 1.34 bits per heavy atom. The lowest BCUT2D eigenvalue weighted by atomic mass is 10.0. The number of aryl methyl sites for hydroxylation is 1. The topological polar surface area (TPSA) is 111 Å². The molecule has 0 saturated carbocycles. The van der Waals surface area contributed by atoms with Gasteiger partial charge in [0.25, 0.3) is 5.91 Å². The van der Waals surface area contributed by atoms with Crippen LogP contribution in [0.25, 0.3) is 10.9 Å². The molecule has 1 aromatic carbocycles. The number of carbonyl (C=O) groups excluding carboxylic acids is 1. The fourth-order valence-electron chi connectivity index (χ4n) is 4.46. The minimum Gasteiger partial charge on any atom is -0.492 e. The first-order chi connectivity index (χ1) is 15.4. The third-order valence-corrected chi connectivity index (χ3v) is 6.00. The van der Waals surface area contributed by atoms with Crippen molar-refractivity contribution in [2.24, 2.45) is 7.05 Å². The Morgan fingerprint density at radius 2 is 2.09 bits per heavy atom. The van der Waals surface area contributed by atoms with E-state index in [0.29, 0.717) is 40.0 Å². The van der Waals surface area contributed by atoms with E-state index in [9.17, 15) is 4.79 Å². The van der Waals surface area contributed by atoms with Gasteiger partial charge in [0, 0.05) is 49.6 Å². The second kappa shape index (κ2) is 9.04. The Hall–Kier alpha value is -3.33. The summed E-state index contributed by atoms with van der Waals surface area (Å²) in [6.07, 6.45) is 5.81. The van der Waals surface area contributed by atoms with Crippen molar-refractivity contribution in [1.29, 1.82) is 5.41 Å². The van der Waals surface area contributed by atoms with Crippen molar-refractivity contribution < 1.29 is 9.53 Å². The van der Waals surface area contributed by atoms with Gasteiger partial charge in [-0.05, 0) is 38.4 Å². The zero-order chi connectivity index (χ0) is 22.8. The first-order valence-electron chi connectivity index (χ1n) is 11.0. The van der Waals surface area contributed by atoms with Crippen molar-refractivity contribution in [1.82, 2.24) is 20.1 Å². The van der Waals surface area contributed by atoms with Crippen molar-refractivity contribution in [2.75, 3.05) is 37.0 Å². The van der Waals surface area contributed by atoms with E-state index in [2.05, 4.69) is 32.5 Å². The third kappa shape index (κ3) is 4.08. The average Bonchev–Trinajstić information content (AvgIpc) is 3.36. The van der Waals surface area contributed by atoms with Crippen LogP contribution in [0.2, 0.25) is 0 Å². The summed E-state index contributed by atoms with van der Waals surface area (Å²) in [6.45, 7) is 6.75. The molecule has 0 aliphatic carbocycles. The molecule has 2 aromatic heterocycles. The predicted octanol–water partition coefficient (Wildman–Crippen LogP) is 3.13. The molecule has 0 spiro atoms. The van der Waals surface area contributed by atoms with E-state index in [4.69, 9.17) is 10.1 Å². The number of aromatic nitrogens is 3. The van der Waals surface area contributed by atoms with Crippen molar-refractivity contribution in [3.05, 3.63) is 35.8 Å². The number of anilines is 2. The lowest BCUT2D eigenvalue weighted by Gasteiger charge is -2.34. The number of nitrogens with zero attached hydrogens (tertiary/aromatic N) is 3. The normalized spacial score (nSPS) is 14.7. The largest absolute Gasteiger partial charge is 0.492 e. The molecule has 1 aliphatic rings. The van der Waals surface area contributed by atoms with Gasteiger partial charge in [-0.3, -0.25) is 9.48 Å². The van der Waals surface area contributed by atoms with E-state index in [1.165, 1.54) is 7.11 Å². The summed E-state index contributed by atoms with van der Waals surface area (Å²) >= 11 is 0. The molecule has 0 radical (unpaired) electrons. The molecule has 1 saturated heterocycles. The molecule has 0 unspecified atom stereocenters. The Labute approximate surface area is 187 Å². The molecule has 170 valence electrons. The number of benzene rings is 1. The van der Waals surface area contributed by atoms with E-state index in [0.717, 1.165) is 43.5 Å². The Morgan fingerprint density at radius 3 is 2.75 bits per heavy atom. The number of fused-ring (bicyclic) bond motifs is 1. The zero-order valence-electron chi connectivity index (χ0n) is 19.1. The summed E-state index contributed by atoms with van der Waals surface area (Å²) in [5.41, 5.74) is 3.66. The van der Waals surface area contributed by atoms with Crippen molar-refractivity contribution >= 4 is 33.9 Å². The molecule has 4 rings (SSSR count). The fraction of sp³-hybridized carbons (Fsp3) is 0.435. The third-order valence-electron chi connectivity index (χ3n) is 6.00. The number of hydrogen-bond donors (Lipinski definition) is 4. The number of ether oxygens (including phenoxy) is 1. The number of amides is 1. The summed E-state index contributed by atoms with van der Waals surface area (Å²) in [6, 6.07) is 4.43. The van der Waals surface area contributed by atoms with Crippen LogP contribution in [-0.2, 0) is 7.05 Å². The van der Waals surface area contributed by atoms with Gasteiger partial charge in [-0.1, -0.05) is 6.92 Å². The van der Waals surface area contributed by atoms with E-state index >= 15 is 0 Å². The van der Waals surface area contributed by atoms with Crippen LogP contribution >= 0.6 is 0 Å². The highest BCUT2D eigenvalue weighted by Crippen LogP contribution is 2.33. The molecule has 0 bridgehead atoms. The fourth-order valence-corrected chi connectivity index (χ4v) is 4.46. The van der Waals surface area contributed by atoms with Crippen LogP contribution in [0.3, 0.4) is 0 Å². The van der Waals surface area contributed by atoms with Gasteiger partial charge in [0.05, 0.1) is 18.4 Å². The van der Waals surface area contributed by atoms with Gasteiger partial charge in [0.2, 0.25) is 0 Å². The monoisotopic (exact) mass is 437 g/mol. The van der Waals surface area contributed by atoms with Gasteiger partial charge in [-0.2, -0.15) is 5.10 Å². The number of aromatic amines is 1. The highest BCUT2D eigenvalue weighted by atomic mass is 16.5. The first-order valence-corrected chi connectivity index (χ1v) is 11.0. The molecule has 0 atom stereocenters. The van der Waals surface area contributed by atoms with Gasteiger partial charge >= 0.3 is 0 Å². The molecule has 3 heterocycles. The summed E-state index contributed by atoms with van der Waals surface area (Å²) in [7, 11) is 3.40. The van der Waals surface area contributed by atoms with Crippen molar-refractivity contribution in [3.8, 4) is 5.75 Å². The van der Waals surface area contributed by atoms with Gasteiger partial charge in [0.1, 0.15) is 16.9 Å². The number of rotatable bonds is 7. The summed E-state index contributed by atoms with van der Waals surface area (Å²) in [5, 5.41) is 19.9. The zero-order valence-corrected chi connectivity index (χ0v) is 19.1. The standard InChI is InChI=1S/C23H31N7O2/c1-5-25-15-8-10-30(11-9-15)19-7-6-16(21-17(19)13-29(3)28-21)23(31)27-18-12-26-20(14(2)24)22(18)32-4/h6-7,12-13,15,24-26H,5,8-11H2,1-4H3,(H,27,31). The lowest BCUT2D eigenvalue weighted by Crippen LogP contribution is -2.42. The van der Waals surface area contributed by atoms with Gasteiger partial charge in [0.15, 0.2) is 5.75 Å². The Bertz CT molecular complexity index is 1140. The maximum absolute atomic E-state index is 13.2. The van der Waals surface area contributed by atoms with E-state index < -0.39 is 0 Å². The SMILES string of the molecule is CCNC1CCN(c2ccc(C(=O)Nc3c[nH]c(C(C)=N)c3OC)c3nn(C)cc23)CC1. The highest BCUT2D eigenvalue weighted by Gasteiger charge is 2.24.